The fraction of sp³-hybridized carbons (Fsp3) is 0.882. The van der Waals surface area contributed by atoms with Crippen molar-refractivity contribution in [1.29, 1.82) is 0 Å². The normalized spacial score (nSPS) is 37.4. The van der Waals surface area contributed by atoms with E-state index in [4.69, 9.17) is 9.47 Å². The molecule has 0 radical (unpaired) electrons. The molecule has 0 aromatic carbocycles. The molecule has 2 aliphatic carbocycles. The molecule has 3 rings (SSSR count). The molecule has 1 heterocycles. The van der Waals surface area contributed by atoms with Gasteiger partial charge in [0.1, 0.15) is 6.10 Å². The second-order valence-corrected chi connectivity index (χ2v) is 7.56. The number of hydrogen-bond acceptors (Lipinski definition) is 4. The quantitative estimate of drug-likeness (QED) is 0.811. The van der Waals surface area contributed by atoms with Crippen molar-refractivity contribution < 1.29 is 37.3 Å². The molecule has 26 heavy (non-hydrogen) atoms. The second kappa shape index (κ2) is 6.99. The molecule has 0 spiro atoms. The van der Waals surface area contributed by atoms with Gasteiger partial charge in [-0.3, -0.25) is 9.59 Å². The molecule has 0 aromatic rings. The second-order valence-electron chi connectivity index (χ2n) is 7.56. The SMILES string of the molecule is CO[C@@H]1COCC[C@@H]1N(C(=O)C(F)(F)F)[C@@H]1C[C@H]2CCC[C@@]2(C(=O)O)C1. The van der Waals surface area contributed by atoms with Crippen LogP contribution in [0.5, 0.6) is 0 Å². The zero-order chi connectivity index (χ0) is 19.1. The first-order chi connectivity index (χ1) is 12.2. The monoisotopic (exact) mass is 379 g/mol. The Morgan fingerprint density at radius 3 is 2.62 bits per heavy atom. The predicted molar refractivity (Wildman–Crippen MR) is 83.4 cm³/mol. The van der Waals surface area contributed by atoms with E-state index < -0.39 is 41.7 Å². The van der Waals surface area contributed by atoms with Gasteiger partial charge in [-0.2, -0.15) is 13.2 Å². The van der Waals surface area contributed by atoms with Crippen molar-refractivity contribution in [2.75, 3.05) is 20.3 Å². The highest BCUT2D eigenvalue weighted by molar-refractivity contribution is 5.83. The fourth-order valence-corrected chi connectivity index (χ4v) is 5.15. The fourth-order valence-electron chi connectivity index (χ4n) is 5.15. The number of carboxylic acid groups (broad SMARTS) is 1. The van der Waals surface area contributed by atoms with Crippen molar-refractivity contribution in [3.63, 3.8) is 0 Å². The summed E-state index contributed by atoms with van der Waals surface area (Å²) >= 11 is 0. The number of carboxylic acids is 1. The molecule has 1 N–H and O–H groups in total. The van der Waals surface area contributed by atoms with Crippen molar-refractivity contribution in [3.8, 4) is 0 Å². The number of alkyl halides is 3. The van der Waals surface area contributed by atoms with Crippen LogP contribution in [0, 0.1) is 11.3 Å². The van der Waals surface area contributed by atoms with E-state index in [1.165, 1.54) is 7.11 Å². The lowest BCUT2D eigenvalue weighted by molar-refractivity contribution is -0.197. The van der Waals surface area contributed by atoms with E-state index >= 15 is 0 Å². The molecule has 6 nitrogen and oxygen atoms in total. The van der Waals surface area contributed by atoms with Crippen LogP contribution in [0.2, 0.25) is 0 Å². The smallest absolute Gasteiger partial charge is 0.471 e. The summed E-state index contributed by atoms with van der Waals surface area (Å²) in [5.41, 5.74) is -1.01. The van der Waals surface area contributed by atoms with Gasteiger partial charge in [-0.25, -0.2) is 0 Å². The van der Waals surface area contributed by atoms with Gasteiger partial charge < -0.3 is 19.5 Å². The lowest BCUT2D eigenvalue weighted by atomic mass is 9.80. The van der Waals surface area contributed by atoms with Crippen LogP contribution in [0.15, 0.2) is 0 Å². The standard InChI is InChI=1S/C17H24F3NO5/c1-25-13-9-26-6-4-12(13)21(14(22)17(18,19)20)11-7-10-3-2-5-16(10,8-11)15(23)24/h10-13H,2-9H2,1H3,(H,23,24)/t10-,11-,12+,13-,16-/m1/s1. The molecule has 0 bridgehead atoms. The number of rotatable bonds is 4. The van der Waals surface area contributed by atoms with Crippen LogP contribution >= 0.6 is 0 Å². The Morgan fingerprint density at radius 1 is 1.31 bits per heavy atom. The van der Waals surface area contributed by atoms with Crippen molar-refractivity contribution in [1.82, 2.24) is 4.90 Å². The topological polar surface area (TPSA) is 76.1 Å². The Bertz CT molecular complexity index is 569. The minimum absolute atomic E-state index is 0.0720. The lowest BCUT2D eigenvalue weighted by Crippen LogP contribution is -2.58. The molecule has 9 heteroatoms. The molecule has 2 saturated carbocycles. The average molecular weight is 379 g/mol. The van der Waals surface area contributed by atoms with Crippen LogP contribution in [0.3, 0.4) is 0 Å². The predicted octanol–water partition coefficient (Wildman–Crippen LogP) is 2.21. The Labute approximate surface area is 149 Å². The molecule has 3 fully saturated rings. The molecule has 1 amide bonds. The van der Waals surface area contributed by atoms with Gasteiger partial charge in [-0.05, 0) is 38.0 Å². The molecule has 3 aliphatic rings. The summed E-state index contributed by atoms with van der Waals surface area (Å²) < 4.78 is 50.5. The summed E-state index contributed by atoms with van der Waals surface area (Å²) in [6, 6.07) is -1.51. The minimum Gasteiger partial charge on any atom is -0.481 e. The molecular formula is C17H24F3NO5. The molecule has 148 valence electrons. The average Bonchev–Trinajstić information content (AvgIpc) is 3.13. The Hall–Kier alpha value is -1.35. The highest BCUT2D eigenvalue weighted by Gasteiger charge is 2.59. The number of fused-ring (bicyclic) bond motifs is 1. The van der Waals surface area contributed by atoms with E-state index in [0.717, 1.165) is 11.3 Å². The van der Waals surface area contributed by atoms with Crippen molar-refractivity contribution in [3.05, 3.63) is 0 Å². The number of aliphatic carboxylic acids is 1. The van der Waals surface area contributed by atoms with E-state index in [1.54, 1.807) is 0 Å². The van der Waals surface area contributed by atoms with Crippen LogP contribution in [0.1, 0.15) is 38.5 Å². The molecular weight excluding hydrogens is 355 g/mol. The number of carbonyl (C=O) groups is 2. The Balaban J connectivity index is 1.92. The van der Waals surface area contributed by atoms with Crippen LogP contribution in [-0.2, 0) is 19.1 Å². The van der Waals surface area contributed by atoms with E-state index in [9.17, 15) is 27.9 Å². The maximum absolute atomic E-state index is 13.3. The summed E-state index contributed by atoms with van der Waals surface area (Å²) in [5.74, 6) is -3.05. The minimum atomic E-state index is -5.01. The third-order valence-corrected chi connectivity index (χ3v) is 6.34. The molecule has 0 unspecified atom stereocenters. The summed E-state index contributed by atoms with van der Waals surface area (Å²) in [7, 11) is 1.38. The zero-order valence-corrected chi connectivity index (χ0v) is 14.6. The number of nitrogens with zero attached hydrogens (tertiary/aromatic N) is 1. The third-order valence-electron chi connectivity index (χ3n) is 6.34. The summed E-state index contributed by atoms with van der Waals surface area (Å²) in [4.78, 5) is 25.0. The van der Waals surface area contributed by atoms with Gasteiger partial charge >= 0.3 is 18.1 Å². The zero-order valence-electron chi connectivity index (χ0n) is 14.6. The van der Waals surface area contributed by atoms with Gasteiger partial charge in [0, 0.05) is 19.8 Å². The van der Waals surface area contributed by atoms with Crippen molar-refractivity contribution in [2.45, 2.75) is 62.9 Å². The number of amides is 1. The molecule has 1 saturated heterocycles. The first-order valence-electron chi connectivity index (χ1n) is 8.94. The highest BCUT2D eigenvalue weighted by atomic mass is 19.4. The van der Waals surface area contributed by atoms with Crippen LogP contribution in [0.25, 0.3) is 0 Å². The number of methoxy groups -OCH3 is 1. The van der Waals surface area contributed by atoms with E-state index in [-0.39, 0.29) is 32.0 Å². The maximum atomic E-state index is 13.3. The lowest BCUT2D eigenvalue weighted by Gasteiger charge is -2.42. The number of ether oxygens (including phenoxy) is 2. The molecule has 5 atom stereocenters. The molecule has 0 aromatic heterocycles. The number of halogens is 3. The number of carbonyl (C=O) groups excluding carboxylic acids is 1. The van der Waals surface area contributed by atoms with Gasteiger partial charge in [0.2, 0.25) is 0 Å². The van der Waals surface area contributed by atoms with Gasteiger partial charge in [0.15, 0.2) is 0 Å². The summed E-state index contributed by atoms with van der Waals surface area (Å²) in [6.45, 7) is 0.357. The Morgan fingerprint density at radius 2 is 2.04 bits per heavy atom. The first kappa shape index (κ1) is 19.4. The largest absolute Gasteiger partial charge is 0.481 e. The van der Waals surface area contributed by atoms with Crippen LogP contribution in [0.4, 0.5) is 13.2 Å². The highest BCUT2D eigenvalue weighted by Crippen LogP contribution is 2.56. The Kier molecular flexibility index (Phi) is 5.22. The van der Waals surface area contributed by atoms with Gasteiger partial charge in [-0.1, -0.05) is 6.42 Å². The van der Waals surface area contributed by atoms with Crippen molar-refractivity contribution in [2.24, 2.45) is 11.3 Å². The van der Waals surface area contributed by atoms with Crippen LogP contribution < -0.4 is 0 Å². The number of hydrogen-bond donors (Lipinski definition) is 1. The third kappa shape index (κ3) is 3.19. The van der Waals surface area contributed by atoms with Crippen molar-refractivity contribution >= 4 is 11.9 Å². The van der Waals surface area contributed by atoms with Gasteiger partial charge in [-0.15, -0.1) is 0 Å². The molecule has 1 aliphatic heterocycles. The summed E-state index contributed by atoms with van der Waals surface area (Å²) in [6.07, 6.45) is -3.17. The maximum Gasteiger partial charge on any atom is 0.471 e. The van der Waals surface area contributed by atoms with Gasteiger partial charge in [0.25, 0.3) is 0 Å². The first-order valence-corrected chi connectivity index (χ1v) is 8.94. The van der Waals surface area contributed by atoms with E-state index in [1.807, 2.05) is 0 Å². The summed E-state index contributed by atoms with van der Waals surface area (Å²) in [5, 5.41) is 9.71. The van der Waals surface area contributed by atoms with E-state index in [2.05, 4.69) is 0 Å². The van der Waals surface area contributed by atoms with Crippen LogP contribution in [-0.4, -0.2) is 66.6 Å². The van der Waals surface area contributed by atoms with E-state index in [0.29, 0.717) is 19.3 Å². The van der Waals surface area contributed by atoms with Gasteiger partial charge in [0.05, 0.1) is 18.1 Å².